The summed E-state index contributed by atoms with van der Waals surface area (Å²) in [4.78, 5) is 11.2. The van der Waals surface area contributed by atoms with Crippen molar-refractivity contribution in [1.29, 1.82) is 0 Å². The Bertz CT molecular complexity index is 286. The molecule has 0 radical (unpaired) electrons. The molecular weight excluding hydrogens is 196 g/mol. The number of aromatic nitrogens is 3. The highest BCUT2D eigenvalue weighted by Gasteiger charge is 2.15. The van der Waals surface area contributed by atoms with Crippen molar-refractivity contribution < 1.29 is 9.53 Å². The number of rotatable bonds is 6. The average molecular weight is 212 g/mol. The lowest BCUT2D eigenvalue weighted by Gasteiger charge is -2.13. The first-order valence-corrected chi connectivity index (χ1v) is 4.93. The maximum atomic E-state index is 11.2. The Kier molecular flexibility index (Phi) is 4.76. The standard InChI is InChI=1S/C9H16N4O2/c1-3-8(9(14)15-2)10-4-6-13-7-5-11-12-13/h5,7-8,10H,3-4,6H2,1-2H3. The number of nitrogens with zero attached hydrogens (tertiary/aromatic N) is 3. The molecule has 84 valence electrons. The van der Waals surface area contributed by atoms with Crippen LogP contribution in [-0.2, 0) is 16.1 Å². The highest BCUT2D eigenvalue weighted by atomic mass is 16.5. The topological polar surface area (TPSA) is 69.0 Å². The van der Waals surface area contributed by atoms with Gasteiger partial charge in [-0.25, -0.2) is 0 Å². The molecule has 1 aromatic heterocycles. The minimum Gasteiger partial charge on any atom is -0.468 e. The van der Waals surface area contributed by atoms with Gasteiger partial charge in [-0.15, -0.1) is 5.10 Å². The smallest absolute Gasteiger partial charge is 0.322 e. The van der Waals surface area contributed by atoms with Crippen LogP contribution in [-0.4, -0.2) is 40.7 Å². The predicted octanol–water partition coefficient (Wildman–Crippen LogP) is -0.181. The van der Waals surface area contributed by atoms with E-state index in [-0.39, 0.29) is 12.0 Å². The number of methoxy groups -OCH3 is 1. The van der Waals surface area contributed by atoms with Gasteiger partial charge in [0.2, 0.25) is 0 Å². The maximum absolute atomic E-state index is 11.2. The van der Waals surface area contributed by atoms with Crippen molar-refractivity contribution in [2.24, 2.45) is 0 Å². The lowest BCUT2D eigenvalue weighted by molar-refractivity contribution is -0.143. The first kappa shape index (κ1) is 11.6. The highest BCUT2D eigenvalue weighted by Crippen LogP contribution is 1.93. The summed E-state index contributed by atoms with van der Waals surface area (Å²) in [7, 11) is 1.39. The number of carbonyl (C=O) groups is 1. The van der Waals surface area contributed by atoms with Crippen molar-refractivity contribution in [2.75, 3.05) is 13.7 Å². The molecule has 0 fully saturated rings. The van der Waals surface area contributed by atoms with Gasteiger partial charge in [0.25, 0.3) is 0 Å². The van der Waals surface area contributed by atoms with Gasteiger partial charge in [0.1, 0.15) is 6.04 Å². The summed E-state index contributed by atoms with van der Waals surface area (Å²) >= 11 is 0. The van der Waals surface area contributed by atoms with E-state index in [1.807, 2.05) is 6.92 Å². The van der Waals surface area contributed by atoms with E-state index >= 15 is 0 Å². The number of hydrogen-bond acceptors (Lipinski definition) is 5. The molecule has 0 aliphatic heterocycles. The monoisotopic (exact) mass is 212 g/mol. The summed E-state index contributed by atoms with van der Waals surface area (Å²) in [6, 6.07) is -0.237. The third kappa shape index (κ3) is 3.67. The summed E-state index contributed by atoms with van der Waals surface area (Å²) < 4.78 is 6.36. The van der Waals surface area contributed by atoms with Gasteiger partial charge in [-0.2, -0.15) is 0 Å². The molecule has 6 heteroatoms. The Morgan fingerprint density at radius 2 is 2.47 bits per heavy atom. The van der Waals surface area contributed by atoms with Gasteiger partial charge in [-0.05, 0) is 6.42 Å². The number of hydrogen-bond donors (Lipinski definition) is 1. The molecule has 1 rings (SSSR count). The van der Waals surface area contributed by atoms with Crippen LogP contribution >= 0.6 is 0 Å². The lowest BCUT2D eigenvalue weighted by atomic mass is 10.2. The summed E-state index contributed by atoms with van der Waals surface area (Å²) in [5.74, 6) is -0.226. The molecule has 1 N–H and O–H groups in total. The Balaban J connectivity index is 2.26. The van der Waals surface area contributed by atoms with Crippen LogP contribution in [0, 0.1) is 0 Å². The lowest BCUT2D eigenvalue weighted by Crippen LogP contribution is -2.38. The molecule has 0 saturated carbocycles. The van der Waals surface area contributed by atoms with Gasteiger partial charge < -0.3 is 10.1 Å². The summed E-state index contributed by atoms with van der Waals surface area (Å²) in [6.45, 7) is 3.29. The van der Waals surface area contributed by atoms with Crippen LogP contribution in [0.4, 0.5) is 0 Å². The van der Waals surface area contributed by atoms with Gasteiger partial charge in [-0.3, -0.25) is 9.48 Å². The Morgan fingerprint density at radius 1 is 1.67 bits per heavy atom. The molecule has 1 unspecified atom stereocenters. The molecule has 0 aromatic carbocycles. The second-order valence-corrected chi connectivity index (χ2v) is 3.10. The van der Waals surface area contributed by atoms with E-state index in [0.717, 1.165) is 0 Å². The molecule has 0 aliphatic rings. The van der Waals surface area contributed by atoms with Crippen LogP contribution < -0.4 is 5.32 Å². The molecule has 0 amide bonds. The number of esters is 1. The summed E-state index contributed by atoms with van der Waals surface area (Å²) in [5.41, 5.74) is 0. The minimum absolute atomic E-state index is 0.226. The Labute approximate surface area is 88.6 Å². The molecule has 15 heavy (non-hydrogen) atoms. The zero-order chi connectivity index (χ0) is 11.1. The van der Waals surface area contributed by atoms with Crippen molar-refractivity contribution in [3.8, 4) is 0 Å². The van der Waals surface area contributed by atoms with E-state index < -0.39 is 0 Å². The largest absolute Gasteiger partial charge is 0.468 e. The molecule has 0 bridgehead atoms. The van der Waals surface area contributed by atoms with E-state index in [1.165, 1.54) is 7.11 Å². The Morgan fingerprint density at radius 3 is 3.00 bits per heavy atom. The molecule has 1 atom stereocenters. The number of carbonyl (C=O) groups excluding carboxylic acids is 1. The van der Waals surface area contributed by atoms with Crippen molar-refractivity contribution in [1.82, 2.24) is 20.3 Å². The first-order valence-electron chi connectivity index (χ1n) is 4.93. The predicted molar refractivity (Wildman–Crippen MR) is 54.1 cm³/mol. The SMILES string of the molecule is CCC(NCCn1ccnn1)C(=O)OC. The maximum Gasteiger partial charge on any atom is 0.322 e. The van der Waals surface area contributed by atoms with Crippen molar-refractivity contribution >= 4 is 5.97 Å². The van der Waals surface area contributed by atoms with E-state index in [1.54, 1.807) is 17.1 Å². The second kappa shape index (κ2) is 6.13. The van der Waals surface area contributed by atoms with Crippen LogP contribution in [0.3, 0.4) is 0 Å². The zero-order valence-electron chi connectivity index (χ0n) is 9.01. The zero-order valence-corrected chi connectivity index (χ0v) is 9.01. The fourth-order valence-electron chi connectivity index (χ4n) is 1.24. The third-order valence-corrected chi connectivity index (χ3v) is 2.10. The van der Waals surface area contributed by atoms with Crippen LogP contribution in [0.2, 0.25) is 0 Å². The fraction of sp³-hybridized carbons (Fsp3) is 0.667. The van der Waals surface area contributed by atoms with Gasteiger partial charge in [0, 0.05) is 12.7 Å². The van der Waals surface area contributed by atoms with Crippen LogP contribution in [0.1, 0.15) is 13.3 Å². The van der Waals surface area contributed by atoms with E-state index in [9.17, 15) is 4.79 Å². The van der Waals surface area contributed by atoms with Gasteiger partial charge in [0.05, 0.1) is 19.9 Å². The van der Waals surface area contributed by atoms with E-state index in [2.05, 4.69) is 20.4 Å². The first-order chi connectivity index (χ1) is 7.27. The van der Waals surface area contributed by atoms with Gasteiger partial charge >= 0.3 is 5.97 Å². The van der Waals surface area contributed by atoms with Crippen molar-refractivity contribution in [3.63, 3.8) is 0 Å². The molecule has 1 heterocycles. The molecule has 0 aliphatic carbocycles. The van der Waals surface area contributed by atoms with E-state index in [0.29, 0.717) is 19.5 Å². The third-order valence-electron chi connectivity index (χ3n) is 2.10. The number of nitrogens with one attached hydrogen (secondary N) is 1. The average Bonchev–Trinajstić information content (AvgIpc) is 2.76. The number of ether oxygens (including phenoxy) is 1. The molecule has 0 saturated heterocycles. The Hall–Kier alpha value is -1.43. The summed E-state index contributed by atoms with van der Waals surface area (Å²) in [5, 5.41) is 10.6. The van der Waals surface area contributed by atoms with Crippen LogP contribution in [0.15, 0.2) is 12.4 Å². The quantitative estimate of drug-likeness (QED) is 0.662. The van der Waals surface area contributed by atoms with Crippen LogP contribution in [0.5, 0.6) is 0 Å². The fourth-order valence-corrected chi connectivity index (χ4v) is 1.24. The molecular formula is C9H16N4O2. The van der Waals surface area contributed by atoms with Gasteiger partial charge in [-0.1, -0.05) is 12.1 Å². The molecule has 6 nitrogen and oxygen atoms in total. The summed E-state index contributed by atoms with van der Waals surface area (Å²) in [6.07, 6.45) is 4.11. The van der Waals surface area contributed by atoms with Gasteiger partial charge in [0.15, 0.2) is 0 Å². The van der Waals surface area contributed by atoms with Crippen molar-refractivity contribution in [3.05, 3.63) is 12.4 Å². The molecule has 0 spiro atoms. The normalized spacial score (nSPS) is 12.4. The highest BCUT2D eigenvalue weighted by molar-refractivity contribution is 5.75. The minimum atomic E-state index is -0.237. The van der Waals surface area contributed by atoms with Crippen molar-refractivity contribution in [2.45, 2.75) is 25.9 Å². The second-order valence-electron chi connectivity index (χ2n) is 3.10. The van der Waals surface area contributed by atoms with Crippen LogP contribution in [0.25, 0.3) is 0 Å². The van der Waals surface area contributed by atoms with E-state index in [4.69, 9.17) is 0 Å². The molecule has 1 aromatic rings.